The van der Waals surface area contributed by atoms with Gasteiger partial charge in [0.1, 0.15) is 12.2 Å². The van der Waals surface area contributed by atoms with E-state index in [0.29, 0.717) is 18.2 Å². The molecule has 0 aliphatic carbocycles. The van der Waals surface area contributed by atoms with E-state index in [4.69, 9.17) is 5.11 Å². The van der Waals surface area contributed by atoms with Crippen molar-refractivity contribution in [3.8, 4) is 0 Å². The smallest absolute Gasteiger partial charge is 0.325 e. The summed E-state index contributed by atoms with van der Waals surface area (Å²) in [6, 6.07) is 0.445. The van der Waals surface area contributed by atoms with Crippen LogP contribution in [-0.2, 0) is 22.7 Å². The Morgan fingerprint density at radius 1 is 1.48 bits per heavy atom. The molecule has 0 bridgehead atoms. The Morgan fingerprint density at radius 3 is 3.05 bits per heavy atom. The Labute approximate surface area is 122 Å². The summed E-state index contributed by atoms with van der Waals surface area (Å²) in [5.41, 5.74) is 0.556. The number of amides is 1. The number of carboxylic acids is 1. The molecule has 0 saturated carbocycles. The molecule has 1 saturated heterocycles. The molecule has 1 aliphatic heterocycles. The number of carbonyl (C=O) groups is 2. The lowest BCUT2D eigenvalue weighted by Crippen LogP contribution is -2.35. The molecule has 0 aromatic carbocycles. The van der Waals surface area contributed by atoms with E-state index in [1.54, 1.807) is 0 Å². The molecule has 116 valence electrons. The molecule has 1 aromatic heterocycles. The van der Waals surface area contributed by atoms with Crippen LogP contribution >= 0.6 is 0 Å². The van der Waals surface area contributed by atoms with Gasteiger partial charge in [-0.1, -0.05) is 11.6 Å². The SMILES string of the molecule is O=C(O)Cn1cc(CNC(=O)CCC2CCCCN2)nn1. The van der Waals surface area contributed by atoms with Crippen molar-refractivity contribution in [1.29, 1.82) is 0 Å². The topological polar surface area (TPSA) is 109 Å². The molecule has 1 aliphatic rings. The van der Waals surface area contributed by atoms with E-state index in [-0.39, 0.29) is 19.0 Å². The summed E-state index contributed by atoms with van der Waals surface area (Å²) in [7, 11) is 0. The minimum atomic E-state index is -0.976. The Balaban J connectivity index is 1.66. The van der Waals surface area contributed by atoms with Crippen LogP contribution in [0.15, 0.2) is 6.20 Å². The number of aromatic nitrogens is 3. The van der Waals surface area contributed by atoms with Gasteiger partial charge in [0.25, 0.3) is 0 Å². The molecule has 2 heterocycles. The van der Waals surface area contributed by atoms with Gasteiger partial charge in [-0.15, -0.1) is 5.10 Å². The third kappa shape index (κ3) is 5.50. The predicted molar refractivity (Wildman–Crippen MR) is 74.4 cm³/mol. The molecule has 1 amide bonds. The zero-order valence-corrected chi connectivity index (χ0v) is 11.9. The Kier molecular flexibility index (Phi) is 5.68. The van der Waals surface area contributed by atoms with Crippen LogP contribution in [0.5, 0.6) is 0 Å². The van der Waals surface area contributed by atoms with Crippen LogP contribution in [0.4, 0.5) is 0 Å². The zero-order chi connectivity index (χ0) is 15.1. The highest BCUT2D eigenvalue weighted by Crippen LogP contribution is 2.11. The summed E-state index contributed by atoms with van der Waals surface area (Å²) in [5, 5.41) is 22.3. The number of rotatable bonds is 7. The van der Waals surface area contributed by atoms with Gasteiger partial charge in [-0.3, -0.25) is 9.59 Å². The third-order valence-electron chi connectivity index (χ3n) is 3.48. The third-order valence-corrected chi connectivity index (χ3v) is 3.48. The van der Waals surface area contributed by atoms with E-state index < -0.39 is 5.97 Å². The minimum Gasteiger partial charge on any atom is -0.480 e. The summed E-state index contributed by atoms with van der Waals surface area (Å²) in [6.07, 6.45) is 6.44. The highest BCUT2D eigenvalue weighted by molar-refractivity contribution is 5.75. The van der Waals surface area contributed by atoms with Crippen LogP contribution < -0.4 is 10.6 Å². The van der Waals surface area contributed by atoms with Gasteiger partial charge in [-0.05, 0) is 25.8 Å². The fourth-order valence-corrected chi connectivity index (χ4v) is 2.39. The summed E-state index contributed by atoms with van der Waals surface area (Å²) >= 11 is 0. The summed E-state index contributed by atoms with van der Waals surface area (Å²) in [6.45, 7) is 1.09. The van der Waals surface area contributed by atoms with Crippen LogP contribution in [-0.4, -0.2) is 44.6 Å². The zero-order valence-electron chi connectivity index (χ0n) is 11.9. The molecule has 1 aromatic rings. The Bertz CT molecular complexity index is 482. The van der Waals surface area contributed by atoms with Crippen molar-refractivity contribution in [2.24, 2.45) is 0 Å². The first-order valence-electron chi connectivity index (χ1n) is 7.24. The molecule has 1 fully saturated rings. The first kappa shape index (κ1) is 15.4. The van der Waals surface area contributed by atoms with Gasteiger partial charge in [-0.25, -0.2) is 4.68 Å². The quantitative estimate of drug-likeness (QED) is 0.648. The van der Waals surface area contributed by atoms with E-state index in [0.717, 1.165) is 19.4 Å². The molecule has 1 unspecified atom stereocenters. The highest BCUT2D eigenvalue weighted by atomic mass is 16.4. The molecule has 3 N–H and O–H groups in total. The van der Waals surface area contributed by atoms with E-state index in [9.17, 15) is 9.59 Å². The number of hydrogen-bond donors (Lipinski definition) is 3. The molecule has 2 rings (SSSR count). The summed E-state index contributed by atoms with van der Waals surface area (Å²) in [5.74, 6) is -0.995. The van der Waals surface area contributed by atoms with Crippen LogP contribution in [0.1, 0.15) is 37.8 Å². The average Bonchev–Trinajstić information content (AvgIpc) is 2.91. The second kappa shape index (κ2) is 7.72. The molecule has 0 radical (unpaired) electrons. The number of carboxylic acid groups (broad SMARTS) is 1. The number of nitrogens with one attached hydrogen (secondary N) is 2. The maximum Gasteiger partial charge on any atom is 0.325 e. The van der Waals surface area contributed by atoms with Crippen molar-refractivity contribution in [3.05, 3.63) is 11.9 Å². The predicted octanol–water partition coefficient (Wildman–Crippen LogP) is -0.0988. The normalized spacial score (nSPS) is 18.4. The van der Waals surface area contributed by atoms with Crippen molar-refractivity contribution in [2.75, 3.05) is 6.54 Å². The van der Waals surface area contributed by atoms with Crippen molar-refractivity contribution in [2.45, 2.75) is 51.2 Å². The van der Waals surface area contributed by atoms with Gasteiger partial charge in [0.05, 0.1) is 12.7 Å². The van der Waals surface area contributed by atoms with Crippen molar-refractivity contribution in [1.82, 2.24) is 25.6 Å². The fraction of sp³-hybridized carbons (Fsp3) is 0.692. The van der Waals surface area contributed by atoms with Gasteiger partial charge in [0, 0.05) is 12.5 Å². The maximum absolute atomic E-state index is 11.8. The molecule has 8 nitrogen and oxygen atoms in total. The van der Waals surface area contributed by atoms with Crippen LogP contribution in [0, 0.1) is 0 Å². The highest BCUT2D eigenvalue weighted by Gasteiger charge is 2.14. The lowest BCUT2D eigenvalue weighted by atomic mass is 10.0. The van der Waals surface area contributed by atoms with Gasteiger partial charge in [0.2, 0.25) is 5.91 Å². The number of carbonyl (C=O) groups excluding carboxylic acids is 1. The van der Waals surface area contributed by atoms with Gasteiger partial charge in [-0.2, -0.15) is 0 Å². The van der Waals surface area contributed by atoms with Gasteiger partial charge in [0.15, 0.2) is 0 Å². The molecule has 21 heavy (non-hydrogen) atoms. The van der Waals surface area contributed by atoms with E-state index in [1.807, 2.05) is 0 Å². The molecule has 0 spiro atoms. The van der Waals surface area contributed by atoms with E-state index >= 15 is 0 Å². The fourth-order valence-electron chi connectivity index (χ4n) is 2.39. The van der Waals surface area contributed by atoms with Crippen molar-refractivity contribution < 1.29 is 14.7 Å². The van der Waals surface area contributed by atoms with Gasteiger partial charge >= 0.3 is 5.97 Å². The van der Waals surface area contributed by atoms with Crippen molar-refractivity contribution >= 4 is 11.9 Å². The first-order chi connectivity index (χ1) is 10.1. The Hall–Kier alpha value is -1.96. The molecule has 8 heteroatoms. The number of aliphatic carboxylic acids is 1. The summed E-state index contributed by atoms with van der Waals surface area (Å²) in [4.78, 5) is 22.3. The number of hydrogen-bond acceptors (Lipinski definition) is 5. The molecular weight excluding hydrogens is 274 g/mol. The first-order valence-corrected chi connectivity index (χ1v) is 7.24. The van der Waals surface area contributed by atoms with Crippen molar-refractivity contribution in [3.63, 3.8) is 0 Å². The van der Waals surface area contributed by atoms with Gasteiger partial charge < -0.3 is 15.7 Å². The van der Waals surface area contributed by atoms with E-state index in [1.165, 1.54) is 23.7 Å². The van der Waals surface area contributed by atoms with Crippen LogP contribution in [0.3, 0.4) is 0 Å². The number of nitrogens with zero attached hydrogens (tertiary/aromatic N) is 3. The standard InChI is InChI=1S/C13H21N5O3/c19-12(5-4-10-3-1-2-6-14-10)15-7-11-8-18(17-16-11)9-13(20)21/h8,10,14H,1-7,9H2,(H,15,19)(H,20,21). The molecule has 1 atom stereocenters. The second-order valence-electron chi connectivity index (χ2n) is 5.26. The Morgan fingerprint density at radius 2 is 2.33 bits per heavy atom. The minimum absolute atomic E-state index is 0.0184. The maximum atomic E-state index is 11.8. The lowest BCUT2D eigenvalue weighted by Gasteiger charge is -2.22. The van der Waals surface area contributed by atoms with E-state index in [2.05, 4.69) is 20.9 Å². The summed E-state index contributed by atoms with van der Waals surface area (Å²) < 4.78 is 1.23. The van der Waals surface area contributed by atoms with Crippen LogP contribution in [0.2, 0.25) is 0 Å². The van der Waals surface area contributed by atoms with Crippen LogP contribution in [0.25, 0.3) is 0 Å². The lowest BCUT2D eigenvalue weighted by molar-refractivity contribution is -0.138. The monoisotopic (exact) mass is 295 g/mol. The number of piperidine rings is 1. The molecular formula is C13H21N5O3. The second-order valence-corrected chi connectivity index (χ2v) is 5.26. The largest absolute Gasteiger partial charge is 0.480 e. The average molecular weight is 295 g/mol.